The number of hydrogen-bond donors (Lipinski definition) is 2. The van der Waals surface area contributed by atoms with Gasteiger partial charge in [0.25, 0.3) is 0 Å². The fourth-order valence-electron chi connectivity index (χ4n) is 2.01. The van der Waals surface area contributed by atoms with Crippen LogP contribution in [0.4, 0.5) is 4.79 Å². The molecule has 0 spiro atoms. The summed E-state index contributed by atoms with van der Waals surface area (Å²) in [6.07, 6.45) is -0.856. The van der Waals surface area contributed by atoms with Gasteiger partial charge in [0.15, 0.2) is 0 Å². The summed E-state index contributed by atoms with van der Waals surface area (Å²) in [4.78, 5) is 14.4. The summed E-state index contributed by atoms with van der Waals surface area (Å²) >= 11 is 0. The summed E-state index contributed by atoms with van der Waals surface area (Å²) in [6, 6.07) is -0.00130. The van der Waals surface area contributed by atoms with Crippen molar-refractivity contribution in [2.24, 2.45) is 0 Å². The van der Waals surface area contributed by atoms with E-state index in [0.29, 0.717) is 26.2 Å². The van der Waals surface area contributed by atoms with Crippen LogP contribution in [0.25, 0.3) is 0 Å². The molecular weight excluding hydrogens is 196 g/mol. The Morgan fingerprint density at radius 1 is 1.47 bits per heavy atom. The molecule has 15 heavy (non-hydrogen) atoms. The quantitative estimate of drug-likeness (QED) is 0.703. The average molecular weight is 216 g/mol. The van der Waals surface area contributed by atoms with Gasteiger partial charge in [-0.3, -0.25) is 4.90 Å². The molecule has 0 aromatic rings. The van der Waals surface area contributed by atoms with Crippen LogP contribution in [0.2, 0.25) is 0 Å². The molecule has 1 aliphatic heterocycles. The van der Waals surface area contributed by atoms with Crippen molar-refractivity contribution in [3.8, 4) is 0 Å². The third-order valence-corrected chi connectivity index (χ3v) is 2.57. The number of carbonyl (C=O) groups is 1. The minimum Gasteiger partial charge on any atom is -0.465 e. The van der Waals surface area contributed by atoms with E-state index in [0.717, 1.165) is 0 Å². The van der Waals surface area contributed by atoms with Crippen LogP contribution in [0.5, 0.6) is 0 Å². The molecule has 0 aromatic carbocycles. The van der Waals surface area contributed by atoms with Crippen molar-refractivity contribution < 1.29 is 15.0 Å². The van der Waals surface area contributed by atoms with Crippen LogP contribution < -0.4 is 0 Å². The molecule has 0 saturated carbocycles. The third-order valence-electron chi connectivity index (χ3n) is 2.57. The maximum atomic E-state index is 10.8. The van der Waals surface area contributed by atoms with Crippen molar-refractivity contribution in [2.75, 3.05) is 26.2 Å². The Hall–Kier alpha value is -0.810. The van der Waals surface area contributed by atoms with E-state index in [4.69, 9.17) is 5.11 Å². The fourth-order valence-corrected chi connectivity index (χ4v) is 2.01. The number of piperazine rings is 1. The zero-order valence-corrected chi connectivity index (χ0v) is 9.60. The van der Waals surface area contributed by atoms with Crippen molar-refractivity contribution in [1.29, 1.82) is 0 Å². The molecule has 0 unspecified atom stereocenters. The highest BCUT2D eigenvalue weighted by atomic mass is 16.4. The lowest BCUT2D eigenvalue weighted by Crippen LogP contribution is -2.55. The van der Waals surface area contributed by atoms with E-state index in [1.165, 1.54) is 4.90 Å². The lowest BCUT2D eigenvalue weighted by molar-refractivity contribution is 0.00710. The maximum Gasteiger partial charge on any atom is 0.407 e. The van der Waals surface area contributed by atoms with Crippen molar-refractivity contribution in [3.05, 3.63) is 0 Å². The minimum atomic E-state index is -0.856. The summed E-state index contributed by atoms with van der Waals surface area (Å²) in [5, 5.41) is 18.5. The summed E-state index contributed by atoms with van der Waals surface area (Å²) in [6.45, 7) is 7.92. The average Bonchev–Trinajstić information content (AvgIpc) is 1.99. The van der Waals surface area contributed by atoms with Crippen LogP contribution in [-0.4, -0.2) is 63.9 Å². The SMILES string of the molecule is C[C@@H]1CN(CC(C)(C)O)CCN1C(=O)O. The monoisotopic (exact) mass is 216 g/mol. The molecule has 1 heterocycles. The molecule has 1 atom stereocenters. The molecule has 0 aromatic heterocycles. The molecule has 1 aliphatic rings. The Balaban J connectivity index is 2.48. The molecule has 5 heteroatoms. The summed E-state index contributed by atoms with van der Waals surface area (Å²) in [5.74, 6) is 0. The largest absolute Gasteiger partial charge is 0.465 e. The smallest absolute Gasteiger partial charge is 0.407 e. The zero-order valence-electron chi connectivity index (χ0n) is 9.60. The van der Waals surface area contributed by atoms with Crippen LogP contribution in [-0.2, 0) is 0 Å². The van der Waals surface area contributed by atoms with Crippen LogP contribution >= 0.6 is 0 Å². The van der Waals surface area contributed by atoms with Gasteiger partial charge in [0, 0.05) is 32.2 Å². The number of hydrogen-bond acceptors (Lipinski definition) is 3. The zero-order chi connectivity index (χ0) is 11.6. The van der Waals surface area contributed by atoms with Gasteiger partial charge in [0.1, 0.15) is 0 Å². The summed E-state index contributed by atoms with van der Waals surface area (Å²) in [5.41, 5.74) is -0.717. The Morgan fingerprint density at radius 3 is 2.47 bits per heavy atom. The first-order valence-electron chi connectivity index (χ1n) is 5.24. The Bertz CT molecular complexity index is 237. The number of rotatable bonds is 2. The molecule has 0 radical (unpaired) electrons. The van der Waals surface area contributed by atoms with Gasteiger partial charge in [-0.25, -0.2) is 4.79 Å². The second-order valence-electron chi connectivity index (χ2n) is 4.87. The van der Waals surface area contributed by atoms with E-state index < -0.39 is 11.7 Å². The molecule has 2 N–H and O–H groups in total. The molecule has 5 nitrogen and oxygen atoms in total. The van der Waals surface area contributed by atoms with Gasteiger partial charge in [-0.2, -0.15) is 0 Å². The van der Waals surface area contributed by atoms with Crippen molar-refractivity contribution in [2.45, 2.75) is 32.4 Å². The molecule has 1 rings (SSSR count). The molecular formula is C10H20N2O3. The van der Waals surface area contributed by atoms with E-state index in [-0.39, 0.29) is 6.04 Å². The van der Waals surface area contributed by atoms with Crippen LogP contribution in [0, 0.1) is 0 Å². The molecule has 1 fully saturated rings. The second-order valence-corrected chi connectivity index (χ2v) is 4.87. The van der Waals surface area contributed by atoms with Gasteiger partial charge >= 0.3 is 6.09 Å². The number of nitrogens with zero attached hydrogens (tertiary/aromatic N) is 2. The van der Waals surface area contributed by atoms with Crippen LogP contribution in [0.15, 0.2) is 0 Å². The number of amides is 1. The van der Waals surface area contributed by atoms with Crippen molar-refractivity contribution in [3.63, 3.8) is 0 Å². The van der Waals surface area contributed by atoms with Gasteiger partial charge in [-0.1, -0.05) is 0 Å². The number of aliphatic hydroxyl groups is 1. The summed E-state index contributed by atoms with van der Waals surface area (Å²) in [7, 11) is 0. The molecule has 1 amide bonds. The second kappa shape index (κ2) is 4.37. The third kappa shape index (κ3) is 3.68. The van der Waals surface area contributed by atoms with E-state index >= 15 is 0 Å². The lowest BCUT2D eigenvalue weighted by Gasteiger charge is -2.40. The minimum absolute atomic E-state index is 0.00130. The Labute approximate surface area is 90.3 Å². The predicted octanol–water partition coefficient (Wildman–Crippen LogP) is 0.441. The van der Waals surface area contributed by atoms with Gasteiger partial charge in [0.2, 0.25) is 0 Å². The standard InChI is InChI=1S/C10H20N2O3/c1-8-6-11(7-10(2,3)15)4-5-12(8)9(13)14/h8,15H,4-7H2,1-3H3,(H,13,14)/t8-/m1/s1. The first-order valence-corrected chi connectivity index (χ1v) is 5.24. The number of carboxylic acid groups (broad SMARTS) is 1. The number of β-amino-alcohol motifs (C(OH)–C–C–N with tert-alkyl or cyclic N) is 1. The molecule has 0 aliphatic carbocycles. The van der Waals surface area contributed by atoms with Crippen LogP contribution in [0.3, 0.4) is 0 Å². The van der Waals surface area contributed by atoms with Gasteiger partial charge in [-0.15, -0.1) is 0 Å². The van der Waals surface area contributed by atoms with Crippen molar-refractivity contribution >= 4 is 6.09 Å². The van der Waals surface area contributed by atoms with Gasteiger partial charge in [0.05, 0.1) is 5.60 Å². The lowest BCUT2D eigenvalue weighted by atomic mass is 10.1. The first-order chi connectivity index (χ1) is 6.79. The maximum absolute atomic E-state index is 10.8. The molecule has 0 bridgehead atoms. The molecule has 88 valence electrons. The first kappa shape index (κ1) is 12.3. The van der Waals surface area contributed by atoms with E-state index in [2.05, 4.69) is 4.90 Å². The van der Waals surface area contributed by atoms with E-state index in [1.807, 2.05) is 6.92 Å². The van der Waals surface area contributed by atoms with E-state index in [9.17, 15) is 9.90 Å². The highest BCUT2D eigenvalue weighted by Gasteiger charge is 2.29. The summed E-state index contributed by atoms with van der Waals surface area (Å²) < 4.78 is 0. The Morgan fingerprint density at radius 2 is 2.07 bits per heavy atom. The molecule has 1 saturated heterocycles. The normalized spacial score (nSPS) is 24.3. The topological polar surface area (TPSA) is 64.0 Å². The van der Waals surface area contributed by atoms with Crippen molar-refractivity contribution in [1.82, 2.24) is 9.80 Å². The van der Waals surface area contributed by atoms with Gasteiger partial charge < -0.3 is 15.1 Å². The van der Waals surface area contributed by atoms with E-state index in [1.54, 1.807) is 13.8 Å². The fraction of sp³-hybridized carbons (Fsp3) is 0.900. The highest BCUT2D eigenvalue weighted by Crippen LogP contribution is 2.13. The predicted molar refractivity (Wildman–Crippen MR) is 56.9 cm³/mol. The Kier molecular flexibility index (Phi) is 3.57. The van der Waals surface area contributed by atoms with Gasteiger partial charge in [-0.05, 0) is 20.8 Å². The highest BCUT2D eigenvalue weighted by molar-refractivity contribution is 5.65. The van der Waals surface area contributed by atoms with Crippen LogP contribution in [0.1, 0.15) is 20.8 Å².